The van der Waals surface area contributed by atoms with Crippen molar-refractivity contribution in [2.24, 2.45) is 5.92 Å². The molecular weight excluding hydrogens is 432 g/mol. The molecule has 1 aromatic carbocycles. The summed E-state index contributed by atoms with van der Waals surface area (Å²) in [5.74, 6) is 1.81. The molecule has 1 saturated carbocycles. The number of amides is 1. The number of hydrogen-bond donors (Lipinski definition) is 2. The molecule has 1 unspecified atom stereocenters. The average Bonchev–Trinajstić information content (AvgIpc) is 3.60. The van der Waals surface area contributed by atoms with Gasteiger partial charge in [0, 0.05) is 55.5 Å². The zero-order valence-corrected chi connectivity index (χ0v) is 19.2. The molecule has 9 heteroatoms. The van der Waals surface area contributed by atoms with E-state index in [-0.39, 0.29) is 11.8 Å². The van der Waals surface area contributed by atoms with Crippen molar-refractivity contribution in [3.63, 3.8) is 0 Å². The van der Waals surface area contributed by atoms with Gasteiger partial charge in [-0.15, -0.1) is 0 Å². The van der Waals surface area contributed by atoms with Gasteiger partial charge in [-0.3, -0.25) is 4.79 Å². The largest absolute Gasteiger partial charge is 0.436 e. The van der Waals surface area contributed by atoms with Crippen LogP contribution in [0.1, 0.15) is 19.3 Å². The van der Waals surface area contributed by atoms with Gasteiger partial charge in [0.15, 0.2) is 5.58 Å². The maximum Gasteiger partial charge on any atom is 0.229 e. The Morgan fingerprint density at radius 1 is 1.18 bits per heavy atom. The van der Waals surface area contributed by atoms with Crippen LogP contribution in [0.2, 0.25) is 0 Å². The van der Waals surface area contributed by atoms with E-state index in [1.165, 1.54) is 0 Å². The first-order valence-electron chi connectivity index (χ1n) is 11.6. The van der Waals surface area contributed by atoms with Crippen molar-refractivity contribution >= 4 is 45.1 Å². The van der Waals surface area contributed by atoms with E-state index in [0.717, 1.165) is 53.3 Å². The van der Waals surface area contributed by atoms with E-state index in [1.807, 2.05) is 19.2 Å². The highest BCUT2D eigenvalue weighted by atomic mass is 16.5. The quantitative estimate of drug-likeness (QED) is 0.427. The van der Waals surface area contributed by atoms with Crippen molar-refractivity contribution in [2.75, 3.05) is 42.8 Å². The molecule has 1 saturated heterocycles. The van der Waals surface area contributed by atoms with E-state index in [0.29, 0.717) is 35.8 Å². The molecular formula is C25H26N6O3. The van der Waals surface area contributed by atoms with Crippen LogP contribution in [0.3, 0.4) is 0 Å². The summed E-state index contributed by atoms with van der Waals surface area (Å²) in [5, 5.41) is 7.72. The molecule has 2 fully saturated rings. The van der Waals surface area contributed by atoms with Crippen LogP contribution in [0.4, 0.5) is 17.3 Å². The van der Waals surface area contributed by atoms with E-state index in [2.05, 4.69) is 37.6 Å². The highest BCUT2D eigenvalue weighted by molar-refractivity contribution is 6.03. The zero-order valence-electron chi connectivity index (χ0n) is 19.2. The van der Waals surface area contributed by atoms with Crippen molar-refractivity contribution in [2.45, 2.75) is 25.3 Å². The summed E-state index contributed by atoms with van der Waals surface area (Å²) in [7, 11) is 3.55. The highest BCUT2D eigenvalue weighted by Gasteiger charge is 2.30. The van der Waals surface area contributed by atoms with Crippen LogP contribution in [0.5, 0.6) is 0 Å². The molecule has 1 amide bonds. The molecule has 0 spiro atoms. The number of oxazole rings is 1. The number of nitrogens with one attached hydrogen (secondary N) is 2. The summed E-state index contributed by atoms with van der Waals surface area (Å²) in [6, 6.07) is 8.35. The fraction of sp³-hybridized carbons (Fsp3) is 0.360. The monoisotopic (exact) mass is 458 g/mol. The minimum absolute atomic E-state index is 0.0171. The van der Waals surface area contributed by atoms with Crippen molar-refractivity contribution in [3.8, 4) is 11.5 Å². The summed E-state index contributed by atoms with van der Waals surface area (Å²) < 4.78 is 11.5. The number of hydrogen-bond acceptors (Lipinski definition) is 8. The maximum absolute atomic E-state index is 12.3. The Kier molecular flexibility index (Phi) is 5.06. The summed E-state index contributed by atoms with van der Waals surface area (Å²) in [4.78, 5) is 28.4. The number of aromatic nitrogens is 3. The van der Waals surface area contributed by atoms with Gasteiger partial charge in [-0.2, -0.15) is 0 Å². The van der Waals surface area contributed by atoms with E-state index in [1.54, 1.807) is 19.5 Å². The molecule has 174 valence electrons. The lowest BCUT2D eigenvalue weighted by Crippen LogP contribution is -2.50. The number of benzene rings is 1. The van der Waals surface area contributed by atoms with Crippen molar-refractivity contribution in [1.29, 1.82) is 0 Å². The number of methoxy groups -OCH3 is 1. The van der Waals surface area contributed by atoms with Crippen LogP contribution in [-0.4, -0.2) is 54.2 Å². The Morgan fingerprint density at radius 3 is 2.79 bits per heavy atom. The molecule has 1 atom stereocenters. The highest BCUT2D eigenvalue weighted by Crippen LogP contribution is 2.36. The molecule has 3 aromatic heterocycles. The average molecular weight is 459 g/mol. The molecule has 2 N–H and O–H groups in total. The normalized spacial score (nSPS) is 17.7. The number of rotatable bonds is 7. The number of ether oxygens (including phenoxy) is 1. The molecule has 1 aliphatic carbocycles. The van der Waals surface area contributed by atoms with Crippen LogP contribution in [0.25, 0.3) is 33.3 Å². The Hall–Kier alpha value is -3.72. The number of anilines is 3. The van der Waals surface area contributed by atoms with Gasteiger partial charge in [-0.1, -0.05) is 0 Å². The van der Waals surface area contributed by atoms with Gasteiger partial charge in [-0.25, -0.2) is 15.0 Å². The van der Waals surface area contributed by atoms with Gasteiger partial charge >= 0.3 is 0 Å². The van der Waals surface area contributed by atoms with Gasteiger partial charge < -0.3 is 24.7 Å². The molecule has 9 nitrogen and oxygen atoms in total. The van der Waals surface area contributed by atoms with E-state index in [4.69, 9.17) is 14.1 Å². The van der Waals surface area contributed by atoms with Crippen LogP contribution >= 0.6 is 0 Å². The van der Waals surface area contributed by atoms with E-state index in [9.17, 15) is 4.79 Å². The Labute approximate surface area is 196 Å². The third-order valence-electron chi connectivity index (χ3n) is 6.64. The third-order valence-corrected chi connectivity index (χ3v) is 6.64. The second-order valence-electron chi connectivity index (χ2n) is 8.91. The Bertz CT molecular complexity index is 1400. The number of carbonyl (C=O) groups excluding carboxylic acids is 1. The number of fused-ring (bicyclic) bond motifs is 2. The second kappa shape index (κ2) is 8.25. The van der Waals surface area contributed by atoms with Crippen LogP contribution < -0.4 is 15.5 Å². The number of nitrogens with zero attached hydrogens (tertiary/aromatic N) is 4. The Balaban J connectivity index is 1.39. The fourth-order valence-corrected chi connectivity index (χ4v) is 4.50. The van der Waals surface area contributed by atoms with Gasteiger partial charge in [-0.05, 0) is 43.5 Å². The molecule has 0 bridgehead atoms. The lowest BCUT2D eigenvalue weighted by atomic mass is 10.0. The van der Waals surface area contributed by atoms with Gasteiger partial charge in [0.2, 0.25) is 11.8 Å². The summed E-state index contributed by atoms with van der Waals surface area (Å²) in [5.41, 5.74) is 3.36. The fourth-order valence-electron chi connectivity index (χ4n) is 4.50. The summed E-state index contributed by atoms with van der Waals surface area (Å²) >= 11 is 0. The minimum atomic E-state index is 0.0171. The van der Waals surface area contributed by atoms with Crippen molar-refractivity contribution in [1.82, 2.24) is 15.0 Å². The lowest BCUT2D eigenvalue weighted by Gasteiger charge is -2.42. The smallest absolute Gasteiger partial charge is 0.229 e. The standard InChI is InChI=1S/C25H26N6O3/c1-26-23-18-11-27-22(30-24(32)14-3-4-14)10-17(18)19(12-28-23)25-29-20-9-15(5-6-21(20)34-25)31-8-7-16(31)13-33-2/h5-6,9-12,14,16H,3-4,7-8,13H2,1-2H3,(H,26,28)(H,27,30,32). The number of pyridine rings is 2. The van der Waals surface area contributed by atoms with Gasteiger partial charge in [0.1, 0.15) is 17.2 Å². The predicted octanol–water partition coefficient (Wildman–Crippen LogP) is 4.05. The summed E-state index contributed by atoms with van der Waals surface area (Å²) in [6.45, 7) is 1.72. The van der Waals surface area contributed by atoms with Gasteiger partial charge in [0.05, 0.1) is 18.2 Å². The Morgan fingerprint density at radius 2 is 2.06 bits per heavy atom. The molecule has 0 radical (unpaired) electrons. The predicted molar refractivity (Wildman–Crippen MR) is 131 cm³/mol. The topological polar surface area (TPSA) is 105 Å². The molecule has 1 aliphatic heterocycles. The first kappa shape index (κ1) is 20.9. The van der Waals surface area contributed by atoms with Crippen LogP contribution in [-0.2, 0) is 9.53 Å². The summed E-state index contributed by atoms with van der Waals surface area (Å²) in [6.07, 6.45) is 6.47. The number of carbonyl (C=O) groups is 1. The zero-order chi connectivity index (χ0) is 23.2. The second-order valence-corrected chi connectivity index (χ2v) is 8.91. The SMILES string of the molecule is CNc1ncc(-c2nc3cc(N4CCC4COC)ccc3o2)c2cc(NC(=O)C3CC3)ncc12. The van der Waals surface area contributed by atoms with Gasteiger partial charge in [0.25, 0.3) is 0 Å². The third kappa shape index (κ3) is 3.62. The lowest BCUT2D eigenvalue weighted by molar-refractivity contribution is -0.117. The van der Waals surface area contributed by atoms with E-state index >= 15 is 0 Å². The van der Waals surface area contributed by atoms with Crippen molar-refractivity contribution < 1.29 is 13.9 Å². The molecule has 4 heterocycles. The van der Waals surface area contributed by atoms with Crippen LogP contribution in [0, 0.1) is 5.92 Å². The first-order valence-corrected chi connectivity index (χ1v) is 11.6. The first-order chi connectivity index (χ1) is 16.6. The molecule has 6 rings (SSSR count). The molecule has 2 aliphatic rings. The molecule has 4 aromatic rings. The maximum atomic E-state index is 12.3. The minimum Gasteiger partial charge on any atom is -0.436 e. The van der Waals surface area contributed by atoms with Crippen LogP contribution in [0.15, 0.2) is 41.1 Å². The molecule has 34 heavy (non-hydrogen) atoms. The van der Waals surface area contributed by atoms with E-state index < -0.39 is 0 Å². The van der Waals surface area contributed by atoms with Crippen molar-refractivity contribution in [3.05, 3.63) is 36.7 Å².